The van der Waals surface area contributed by atoms with Crippen molar-refractivity contribution in [2.45, 2.75) is 12.9 Å². The molecule has 0 saturated carbocycles. The summed E-state index contributed by atoms with van der Waals surface area (Å²) in [6.07, 6.45) is -4.66. The molecule has 2 nitrogen and oxygen atoms in total. The number of hydrogen-bond donors (Lipinski definition) is 0. The molecular formula is C12H8Br2F3NO. The monoisotopic (exact) mass is 397 g/mol. The first kappa shape index (κ1) is 14.5. The number of ether oxygens (including phenoxy) is 1. The Morgan fingerprint density at radius 1 is 0.947 bits per heavy atom. The van der Waals surface area contributed by atoms with Crippen LogP contribution in [0.25, 0.3) is 0 Å². The first-order valence-corrected chi connectivity index (χ1v) is 6.79. The summed E-state index contributed by atoms with van der Waals surface area (Å²) < 4.78 is 43.6. The summed E-state index contributed by atoms with van der Waals surface area (Å²) in [6.45, 7) is 0.542. The van der Waals surface area contributed by atoms with Crippen molar-refractivity contribution in [3.8, 4) is 5.75 Å². The molecule has 2 aromatic rings. The van der Waals surface area contributed by atoms with Gasteiger partial charge >= 0.3 is 6.36 Å². The molecule has 7 heteroatoms. The predicted octanol–water partition coefficient (Wildman–Crippen LogP) is 4.96. The normalized spacial score (nSPS) is 11.6. The molecule has 19 heavy (non-hydrogen) atoms. The Labute approximate surface area is 124 Å². The molecule has 0 saturated heterocycles. The number of aromatic nitrogens is 1. The molecule has 1 heterocycles. The van der Waals surface area contributed by atoms with E-state index in [1.807, 2.05) is 16.7 Å². The Morgan fingerprint density at radius 3 is 1.95 bits per heavy atom. The Bertz CT molecular complexity index is 544. The van der Waals surface area contributed by atoms with Gasteiger partial charge in [-0.15, -0.1) is 13.2 Å². The zero-order chi connectivity index (χ0) is 14.0. The Kier molecular flexibility index (Phi) is 4.25. The summed E-state index contributed by atoms with van der Waals surface area (Å²) in [4.78, 5) is 0. The fourth-order valence-electron chi connectivity index (χ4n) is 1.55. The van der Waals surface area contributed by atoms with Gasteiger partial charge < -0.3 is 9.30 Å². The second-order valence-corrected chi connectivity index (χ2v) is 5.38. The maximum absolute atomic E-state index is 12.0. The van der Waals surface area contributed by atoms with E-state index in [0.29, 0.717) is 6.54 Å². The van der Waals surface area contributed by atoms with E-state index in [1.165, 1.54) is 12.1 Å². The van der Waals surface area contributed by atoms with Crippen molar-refractivity contribution in [2.24, 2.45) is 0 Å². The fraction of sp³-hybridized carbons (Fsp3) is 0.167. The zero-order valence-electron chi connectivity index (χ0n) is 9.42. The Balaban J connectivity index is 2.11. The van der Waals surface area contributed by atoms with Crippen LogP contribution in [-0.2, 0) is 6.54 Å². The molecule has 0 aliphatic carbocycles. The largest absolute Gasteiger partial charge is 0.573 e. The first-order valence-electron chi connectivity index (χ1n) is 5.20. The number of halogens is 5. The van der Waals surface area contributed by atoms with Gasteiger partial charge in [-0.2, -0.15) is 0 Å². The van der Waals surface area contributed by atoms with Crippen LogP contribution in [0.5, 0.6) is 5.75 Å². The molecule has 0 amide bonds. The van der Waals surface area contributed by atoms with Crippen molar-refractivity contribution in [2.75, 3.05) is 0 Å². The van der Waals surface area contributed by atoms with E-state index in [2.05, 4.69) is 36.6 Å². The van der Waals surface area contributed by atoms with Gasteiger partial charge in [0, 0.05) is 6.54 Å². The smallest absolute Gasteiger partial charge is 0.406 e. The van der Waals surface area contributed by atoms with Crippen LogP contribution in [0.15, 0.2) is 45.6 Å². The molecule has 1 aromatic heterocycles. The predicted molar refractivity (Wildman–Crippen MR) is 72.1 cm³/mol. The summed E-state index contributed by atoms with van der Waals surface area (Å²) in [5, 5.41) is 0. The van der Waals surface area contributed by atoms with Gasteiger partial charge in [-0.1, -0.05) is 12.1 Å². The summed E-state index contributed by atoms with van der Waals surface area (Å²) in [5.74, 6) is -0.220. The van der Waals surface area contributed by atoms with Crippen molar-refractivity contribution in [3.05, 3.63) is 51.2 Å². The van der Waals surface area contributed by atoms with Crippen molar-refractivity contribution in [3.63, 3.8) is 0 Å². The molecule has 2 rings (SSSR count). The second-order valence-electron chi connectivity index (χ2n) is 3.76. The van der Waals surface area contributed by atoms with Gasteiger partial charge in [-0.3, -0.25) is 0 Å². The third kappa shape index (κ3) is 4.01. The minimum absolute atomic E-state index is 0.220. The topological polar surface area (TPSA) is 14.2 Å². The summed E-state index contributed by atoms with van der Waals surface area (Å²) in [6, 6.07) is 9.55. The van der Waals surface area contributed by atoms with E-state index in [1.54, 1.807) is 12.1 Å². The zero-order valence-corrected chi connectivity index (χ0v) is 12.6. The SMILES string of the molecule is FC(F)(F)Oc1ccc(Cn2c(Br)ccc2Br)cc1. The van der Waals surface area contributed by atoms with Crippen LogP contribution in [0.2, 0.25) is 0 Å². The van der Waals surface area contributed by atoms with E-state index in [-0.39, 0.29) is 5.75 Å². The van der Waals surface area contributed by atoms with Crippen LogP contribution in [0, 0.1) is 0 Å². The molecule has 1 aromatic carbocycles. The van der Waals surface area contributed by atoms with Crippen LogP contribution < -0.4 is 4.74 Å². The number of rotatable bonds is 3. The van der Waals surface area contributed by atoms with E-state index in [9.17, 15) is 13.2 Å². The van der Waals surface area contributed by atoms with E-state index in [4.69, 9.17) is 0 Å². The van der Waals surface area contributed by atoms with Crippen molar-refractivity contribution in [1.29, 1.82) is 0 Å². The standard InChI is InChI=1S/C12H8Br2F3NO/c13-10-5-6-11(14)18(10)7-8-1-3-9(4-2-8)19-12(15,16)17/h1-6H,7H2. The van der Waals surface area contributed by atoms with Gasteiger partial charge in [0.2, 0.25) is 0 Å². The Hall–Kier alpha value is -0.950. The second kappa shape index (κ2) is 5.58. The molecule has 0 radical (unpaired) electrons. The third-order valence-corrected chi connectivity index (χ3v) is 3.76. The quantitative estimate of drug-likeness (QED) is 0.712. The summed E-state index contributed by atoms with van der Waals surface area (Å²) in [7, 11) is 0. The minimum Gasteiger partial charge on any atom is -0.406 e. The lowest BCUT2D eigenvalue weighted by Gasteiger charge is -2.10. The van der Waals surface area contributed by atoms with Crippen LogP contribution in [0.4, 0.5) is 13.2 Å². The van der Waals surface area contributed by atoms with Crippen LogP contribution in [-0.4, -0.2) is 10.9 Å². The van der Waals surface area contributed by atoms with Crippen molar-refractivity contribution >= 4 is 31.9 Å². The van der Waals surface area contributed by atoms with Gasteiger partial charge in [0.25, 0.3) is 0 Å². The average Bonchev–Trinajstić information content (AvgIpc) is 2.61. The van der Waals surface area contributed by atoms with Crippen LogP contribution in [0.1, 0.15) is 5.56 Å². The number of nitrogens with zero attached hydrogens (tertiary/aromatic N) is 1. The molecular weight excluding hydrogens is 391 g/mol. The summed E-state index contributed by atoms with van der Waals surface area (Å²) >= 11 is 6.78. The van der Waals surface area contributed by atoms with E-state index < -0.39 is 6.36 Å². The molecule has 0 aliphatic rings. The van der Waals surface area contributed by atoms with Gasteiger partial charge in [0.1, 0.15) is 5.75 Å². The molecule has 0 fully saturated rings. The van der Waals surface area contributed by atoms with Gasteiger partial charge in [-0.25, -0.2) is 0 Å². The van der Waals surface area contributed by atoms with Gasteiger partial charge in [0.05, 0.1) is 9.21 Å². The average molecular weight is 399 g/mol. The third-order valence-electron chi connectivity index (χ3n) is 2.37. The number of benzene rings is 1. The summed E-state index contributed by atoms with van der Waals surface area (Å²) in [5.41, 5.74) is 0.868. The van der Waals surface area contributed by atoms with E-state index >= 15 is 0 Å². The maximum Gasteiger partial charge on any atom is 0.573 e. The fourth-order valence-corrected chi connectivity index (χ4v) is 2.68. The highest BCUT2D eigenvalue weighted by Gasteiger charge is 2.30. The van der Waals surface area contributed by atoms with Crippen molar-refractivity contribution < 1.29 is 17.9 Å². The molecule has 0 spiro atoms. The lowest BCUT2D eigenvalue weighted by atomic mass is 10.2. The maximum atomic E-state index is 12.0. The highest BCUT2D eigenvalue weighted by Crippen LogP contribution is 2.25. The highest BCUT2D eigenvalue weighted by molar-refractivity contribution is 9.11. The Morgan fingerprint density at radius 2 is 1.47 bits per heavy atom. The van der Waals surface area contributed by atoms with E-state index in [0.717, 1.165) is 14.8 Å². The molecule has 0 unspecified atom stereocenters. The minimum atomic E-state index is -4.66. The van der Waals surface area contributed by atoms with Gasteiger partial charge in [-0.05, 0) is 61.7 Å². The molecule has 0 bridgehead atoms. The van der Waals surface area contributed by atoms with Crippen LogP contribution in [0.3, 0.4) is 0 Å². The lowest BCUT2D eigenvalue weighted by molar-refractivity contribution is -0.274. The first-order chi connectivity index (χ1) is 8.85. The van der Waals surface area contributed by atoms with Crippen LogP contribution >= 0.6 is 31.9 Å². The number of hydrogen-bond acceptors (Lipinski definition) is 1. The number of alkyl halides is 3. The van der Waals surface area contributed by atoms with Crippen molar-refractivity contribution in [1.82, 2.24) is 4.57 Å². The molecule has 0 N–H and O–H groups in total. The molecule has 0 aliphatic heterocycles. The van der Waals surface area contributed by atoms with Gasteiger partial charge in [0.15, 0.2) is 0 Å². The molecule has 102 valence electrons. The highest BCUT2D eigenvalue weighted by atomic mass is 79.9. The molecule has 0 atom stereocenters. The lowest BCUT2D eigenvalue weighted by Crippen LogP contribution is -2.17.